The highest BCUT2D eigenvalue weighted by Crippen LogP contribution is 2.20. The molecule has 2 aromatic carbocycles. The summed E-state index contributed by atoms with van der Waals surface area (Å²) in [5.74, 6) is -0.205. The molecule has 5 heteroatoms. The molecule has 5 nitrogen and oxygen atoms in total. The van der Waals surface area contributed by atoms with Crippen molar-refractivity contribution < 1.29 is 9.32 Å². The second-order valence-electron chi connectivity index (χ2n) is 5.31. The summed E-state index contributed by atoms with van der Waals surface area (Å²) in [6.45, 7) is 0. The van der Waals surface area contributed by atoms with Gasteiger partial charge in [-0.15, -0.1) is 0 Å². The number of amides is 1. The van der Waals surface area contributed by atoms with Crippen LogP contribution in [0.1, 0.15) is 10.6 Å². The van der Waals surface area contributed by atoms with Crippen LogP contribution in [0.15, 0.2) is 77.4 Å². The van der Waals surface area contributed by atoms with E-state index < -0.39 is 0 Å². The highest BCUT2D eigenvalue weighted by Gasteiger charge is 2.14. The number of nitrogens with zero attached hydrogens (tertiary/aromatic N) is 2. The summed E-state index contributed by atoms with van der Waals surface area (Å²) in [7, 11) is 0. The molecule has 2 heterocycles. The molecular formula is C19H13N3O2. The first-order valence-electron chi connectivity index (χ1n) is 7.48. The maximum atomic E-state index is 12.3. The molecule has 0 bridgehead atoms. The quantitative estimate of drug-likeness (QED) is 0.617. The molecule has 0 spiro atoms. The SMILES string of the molecule is O=C(Nc1cnc2ccccc2c1)c1cc(-c2ccccc2)no1. The predicted molar refractivity (Wildman–Crippen MR) is 91.6 cm³/mol. The van der Waals surface area contributed by atoms with Crippen molar-refractivity contribution in [2.45, 2.75) is 0 Å². The topological polar surface area (TPSA) is 68.0 Å². The molecule has 0 atom stereocenters. The third-order valence-corrected chi connectivity index (χ3v) is 3.65. The van der Waals surface area contributed by atoms with Gasteiger partial charge in [0.1, 0.15) is 5.69 Å². The molecule has 0 aliphatic heterocycles. The van der Waals surface area contributed by atoms with Crippen molar-refractivity contribution in [2.24, 2.45) is 0 Å². The zero-order valence-electron chi connectivity index (χ0n) is 12.6. The first kappa shape index (κ1) is 14.1. The number of nitrogens with one attached hydrogen (secondary N) is 1. The van der Waals surface area contributed by atoms with Crippen molar-refractivity contribution in [3.8, 4) is 11.3 Å². The van der Waals surface area contributed by atoms with Crippen LogP contribution in [0, 0.1) is 0 Å². The highest BCUT2D eigenvalue weighted by molar-refractivity contribution is 6.03. The molecule has 0 aliphatic rings. The van der Waals surface area contributed by atoms with Crippen molar-refractivity contribution in [1.82, 2.24) is 10.1 Å². The van der Waals surface area contributed by atoms with Crippen LogP contribution in [0.2, 0.25) is 0 Å². The minimum Gasteiger partial charge on any atom is -0.350 e. The van der Waals surface area contributed by atoms with Gasteiger partial charge in [-0.1, -0.05) is 53.7 Å². The monoisotopic (exact) mass is 315 g/mol. The number of pyridine rings is 1. The minimum absolute atomic E-state index is 0.155. The van der Waals surface area contributed by atoms with Crippen molar-refractivity contribution in [3.63, 3.8) is 0 Å². The smallest absolute Gasteiger partial charge is 0.294 e. The Morgan fingerprint density at radius 3 is 2.62 bits per heavy atom. The lowest BCUT2D eigenvalue weighted by Crippen LogP contribution is -2.11. The number of carbonyl (C=O) groups excluding carboxylic acids is 1. The van der Waals surface area contributed by atoms with Gasteiger partial charge in [-0.05, 0) is 12.1 Å². The summed E-state index contributed by atoms with van der Waals surface area (Å²) in [5, 5.41) is 7.68. The second-order valence-corrected chi connectivity index (χ2v) is 5.31. The molecule has 0 aliphatic carbocycles. The van der Waals surface area contributed by atoms with Crippen LogP contribution in [-0.2, 0) is 0 Å². The van der Waals surface area contributed by atoms with E-state index in [1.807, 2.05) is 60.7 Å². The van der Waals surface area contributed by atoms with Gasteiger partial charge in [0, 0.05) is 17.0 Å². The van der Waals surface area contributed by atoms with E-state index in [0.717, 1.165) is 16.5 Å². The first-order valence-corrected chi connectivity index (χ1v) is 7.48. The van der Waals surface area contributed by atoms with E-state index in [-0.39, 0.29) is 11.7 Å². The van der Waals surface area contributed by atoms with E-state index in [1.54, 1.807) is 12.3 Å². The minimum atomic E-state index is -0.359. The number of rotatable bonds is 3. The Labute approximate surface area is 137 Å². The average molecular weight is 315 g/mol. The molecule has 1 N–H and O–H groups in total. The van der Waals surface area contributed by atoms with Gasteiger partial charge < -0.3 is 9.84 Å². The van der Waals surface area contributed by atoms with Crippen LogP contribution in [0.4, 0.5) is 5.69 Å². The van der Waals surface area contributed by atoms with Gasteiger partial charge in [0.25, 0.3) is 5.91 Å². The van der Waals surface area contributed by atoms with E-state index in [9.17, 15) is 4.79 Å². The number of carbonyl (C=O) groups is 1. The Balaban J connectivity index is 1.56. The Hall–Kier alpha value is -3.47. The van der Waals surface area contributed by atoms with Gasteiger partial charge in [-0.3, -0.25) is 9.78 Å². The molecule has 24 heavy (non-hydrogen) atoms. The molecule has 116 valence electrons. The largest absolute Gasteiger partial charge is 0.350 e. The summed E-state index contributed by atoms with van der Waals surface area (Å²) >= 11 is 0. The highest BCUT2D eigenvalue weighted by atomic mass is 16.5. The lowest BCUT2D eigenvalue weighted by Gasteiger charge is -2.03. The molecule has 1 amide bonds. The molecule has 2 aromatic heterocycles. The number of benzene rings is 2. The normalized spacial score (nSPS) is 10.7. The van der Waals surface area contributed by atoms with Gasteiger partial charge >= 0.3 is 0 Å². The fourth-order valence-corrected chi connectivity index (χ4v) is 2.46. The van der Waals surface area contributed by atoms with E-state index in [0.29, 0.717) is 11.4 Å². The van der Waals surface area contributed by atoms with E-state index >= 15 is 0 Å². The maximum Gasteiger partial charge on any atom is 0.294 e. The Morgan fingerprint density at radius 2 is 1.75 bits per heavy atom. The molecule has 0 radical (unpaired) electrons. The lowest BCUT2D eigenvalue weighted by atomic mass is 10.1. The van der Waals surface area contributed by atoms with Crippen LogP contribution >= 0.6 is 0 Å². The summed E-state index contributed by atoms with van der Waals surface area (Å²) in [5.41, 5.74) is 3.00. The molecule has 0 saturated carbocycles. The van der Waals surface area contributed by atoms with Crippen LogP contribution < -0.4 is 5.32 Å². The van der Waals surface area contributed by atoms with Gasteiger partial charge in [-0.2, -0.15) is 0 Å². The van der Waals surface area contributed by atoms with E-state index in [4.69, 9.17) is 4.52 Å². The van der Waals surface area contributed by atoms with Gasteiger partial charge in [-0.25, -0.2) is 0 Å². The van der Waals surface area contributed by atoms with Crippen molar-refractivity contribution >= 4 is 22.5 Å². The fourth-order valence-electron chi connectivity index (χ4n) is 2.46. The van der Waals surface area contributed by atoms with Gasteiger partial charge in [0.2, 0.25) is 5.76 Å². The van der Waals surface area contributed by atoms with E-state index in [1.165, 1.54) is 0 Å². The van der Waals surface area contributed by atoms with Crippen LogP contribution in [-0.4, -0.2) is 16.0 Å². The van der Waals surface area contributed by atoms with Crippen molar-refractivity contribution in [3.05, 3.63) is 78.7 Å². The van der Waals surface area contributed by atoms with Crippen LogP contribution in [0.25, 0.3) is 22.2 Å². The van der Waals surface area contributed by atoms with Gasteiger partial charge in [0.05, 0.1) is 17.4 Å². The molecule has 0 saturated heterocycles. The zero-order chi connectivity index (χ0) is 16.4. The van der Waals surface area contributed by atoms with Crippen LogP contribution in [0.5, 0.6) is 0 Å². The first-order chi connectivity index (χ1) is 11.8. The summed E-state index contributed by atoms with van der Waals surface area (Å²) in [6, 6.07) is 20.8. The Morgan fingerprint density at radius 1 is 0.958 bits per heavy atom. The fraction of sp³-hybridized carbons (Fsp3) is 0. The second kappa shape index (κ2) is 5.96. The molecule has 0 fully saturated rings. The average Bonchev–Trinajstić information content (AvgIpc) is 3.13. The lowest BCUT2D eigenvalue weighted by molar-refractivity contribution is 0.0988. The third kappa shape index (κ3) is 2.75. The Kier molecular flexibility index (Phi) is 3.51. The van der Waals surface area contributed by atoms with E-state index in [2.05, 4.69) is 15.5 Å². The molecular weight excluding hydrogens is 302 g/mol. The summed E-state index contributed by atoms with van der Waals surface area (Å²) < 4.78 is 5.16. The number of hydrogen-bond acceptors (Lipinski definition) is 4. The number of para-hydroxylation sites is 1. The standard InChI is InChI=1S/C19H13N3O2/c23-19(18-11-17(22-24-18)13-6-2-1-3-7-13)21-15-10-14-8-4-5-9-16(14)20-12-15/h1-12H,(H,21,23). The summed E-state index contributed by atoms with van der Waals surface area (Å²) in [6.07, 6.45) is 1.62. The number of hydrogen-bond donors (Lipinski definition) is 1. The number of fused-ring (bicyclic) bond motifs is 1. The number of anilines is 1. The van der Waals surface area contributed by atoms with Crippen molar-refractivity contribution in [1.29, 1.82) is 0 Å². The van der Waals surface area contributed by atoms with Crippen LogP contribution in [0.3, 0.4) is 0 Å². The summed E-state index contributed by atoms with van der Waals surface area (Å²) in [4.78, 5) is 16.6. The molecule has 0 unspecified atom stereocenters. The maximum absolute atomic E-state index is 12.3. The van der Waals surface area contributed by atoms with Crippen molar-refractivity contribution in [2.75, 3.05) is 5.32 Å². The van der Waals surface area contributed by atoms with Gasteiger partial charge in [0.15, 0.2) is 0 Å². The third-order valence-electron chi connectivity index (χ3n) is 3.65. The Bertz CT molecular complexity index is 1010. The molecule has 4 aromatic rings. The number of aromatic nitrogens is 2. The molecule has 4 rings (SSSR count). The zero-order valence-corrected chi connectivity index (χ0v) is 12.6. The predicted octanol–water partition coefficient (Wildman–Crippen LogP) is 4.14.